The van der Waals surface area contributed by atoms with Gasteiger partial charge in [-0.2, -0.15) is 17.5 Å². The standard InChI is InChI=1S/C35H38ClF3N6O5S/c1-23-19-31(28-22-26(36)8-10-29(28)41-23)40-12-14-45(51(3,48)49)13-11-33(46)42-30-9-7-24(20-32(30)50-2)34(47)44-17-15-43(16-18-44)27-6-4-5-25(21-27)35(37,38)39/h4-10,19-22H,11-18H2,1-3H3,(H,40,41)(H,42,46). The van der Waals surface area contributed by atoms with Crippen LogP contribution in [0.25, 0.3) is 10.9 Å². The number of nitrogens with zero attached hydrogens (tertiary/aromatic N) is 4. The van der Waals surface area contributed by atoms with Crippen LogP contribution >= 0.6 is 11.6 Å². The fourth-order valence-electron chi connectivity index (χ4n) is 5.83. The molecule has 1 aromatic heterocycles. The summed E-state index contributed by atoms with van der Waals surface area (Å²) in [6.07, 6.45) is -3.50. The van der Waals surface area contributed by atoms with E-state index >= 15 is 0 Å². The van der Waals surface area contributed by atoms with E-state index in [-0.39, 0.29) is 37.7 Å². The Morgan fingerprint density at radius 1 is 0.980 bits per heavy atom. The summed E-state index contributed by atoms with van der Waals surface area (Å²) >= 11 is 6.18. The summed E-state index contributed by atoms with van der Waals surface area (Å²) in [5.74, 6) is -0.503. The van der Waals surface area contributed by atoms with Gasteiger partial charge < -0.3 is 25.2 Å². The number of benzene rings is 3. The lowest BCUT2D eigenvalue weighted by molar-refractivity contribution is -0.137. The average molecular weight is 747 g/mol. The Bertz CT molecular complexity index is 2020. The number of hydrogen-bond donors (Lipinski definition) is 2. The van der Waals surface area contributed by atoms with Gasteiger partial charge in [-0.1, -0.05) is 17.7 Å². The van der Waals surface area contributed by atoms with Crippen LogP contribution in [0.15, 0.2) is 66.7 Å². The van der Waals surface area contributed by atoms with Gasteiger partial charge in [-0.15, -0.1) is 0 Å². The largest absolute Gasteiger partial charge is 0.495 e. The lowest BCUT2D eigenvalue weighted by atomic mass is 10.1. The van der Waals surface area contributed by atoms with E-state index < -0.39 is 27.7 Å². The molecule has 0 bridgehead atoms. The van der Waals surface area contributed by atoms with E-state index in [0.717, 1.165) is 40.7 Å². The fraction of sp³-hybridized carbons (Fsp3) is 0.343. The van der Waals surface area contributed by atoms with Crippen LogP contribution in [0.2, 0.25) is 5.02 Å². The van der Waals surface area contributed by atoms with Gasteiger partial charge in [0, 0.05) is 85.3 Å². The zero-order chi connectivity index (χ0) is 36.9. The number of anilines is 3. The van der Waals surface area contributed by atoms with Crippen molar-refractivity contribution in [2.24, 2.45) is 0 Å². The molecule has 2 amide bonds. The maximum Gasteiger partial charge on any atom is 0.416 e. The highest BCUT2D eigenvalue weighted by atomic mass is 35.5. The van der Waals surface area contributed by atoms with Gasteiger partial charge in [0.05, 0.1) is 30.1 Å². The predicted molar refractivity (Wildman–Crippen MR) is 192 cm³/mol. The van der Waals surface area contributed by atoms with Crippen molar-refractivity contribution in [3.63, 3.8) is 0 Å². The first kappa shape index (κ1) is 37.7. The number of rotatable bonds is 12. The van der Waals surface area contributed by atoms with Crippen LogP contribution in [0.3, 0.4) is 0 Å². The average Bonchev–Trinajstić information content (AvgIpc) is 3.09. The summed E-state index contributed by atoms with van der Waals surface area (Å²) in [7, 11) is -2.25. The molecule has 3 aromatic carbocycles. The molecule has 4 aromatic rings. The first-order valence-electron chi connectivity index (χ1n) is 16.1. The number of hydrogen-bond acceptors (Lipinski definition) is 8. The molecule has 51 heavy (non-hydrogen) atoms. The highest BCUT2D eigenvalue weighted by molar-refractivity contribution is 7.88. The summed E-state index contributed by atoms with van der Waals surface area (Å²) in [6, 6.07) is 16.9. The van der Waals surface area contributed by atoms with Crippen molar-refractivity contribution < 1.29 is 35.9 Å². The zero-order valence-corrected chi connectivity index (χ0v) is 29.8. The molecule has 2 N–H and O–H groups in total. The van der Waals surface area contributed by atoms with Crippen molar-refractivity contribution >= 4 is 61.4 Å². The number of nitrogens with one attached hydrogen (secondary N) is 2. The van der Waals surface area contributed by atoms with Crippen molar-refractivity contribution in [3.05, 3.63) is 88.6 Å². The molecule has 0 saturated carbocycles. The molecule has 1 saturated heterocycles. The molecule has 0 radical (unpaired) electrons. The third-order valence-corrected chi connectivity index (χ3v) is 10.00. The molecule has 2 heterocycles. The second-order valence-corrected chi connectivity index (χ2v) is 14.5. The van der Waals surface area contributed by atoms with E-state index in [4.69, 9.17) is 16.3 Å². The highest BCUT2D eigenvalue weighted by Gasteiger charge is 2.31. The molecule has 1 aliphatic rings. The summed E-state index contributed by atoms with van der Waals surface area (Å²) in [5, 5.41) is 7.35. The molecule has 0 spiro atoms. The minimum absolute atomic E-state index is 0.0698. The number of ether oxygens (including phenoxy) is 1. The van der Waals surface area contributed by atoms with Crippen molar-refractivity contribution in [2.45, 2.75) is 19.5 Å². The Hall–Kier alpha value is -4.60. The van der Waals surface area contributed by atoms with Crippen molar-refractivity contribution in [1.82, 2.24) is 14.2 Å². The monoisotopic (exact) mass is 746 g/mol. The lowest BCUT2D eigenvalue weighted by Gasteiger charge is -2.36. The normalized spacial score (nSPS) is 13.8. The van der Waals surface area contributed by atoms with Gasteiger partial charge in [0.25, 0.3) is 5.91 Å². The van der Waals surface area contributed by atoms with Gasteiger partial charge >= 0.3 is 6.18 Å². The number of fused-ring (bicyclic) bond motifs is 1. The molecular weight excluding hydrogens is 709 g/mol. The quantitative estimate of drug-likeness (QED) is 0.184. The number of alkyl halides is 3. The number of carbonyl (C=O) groups excluding carboxylic acids is 2. The van der Waals surface area contributed by atoms with Crippen LogP contribution in [0.4, 0.5) is 30.2 Å². The molecule has 11 nitrogen and oxygen atoms in total. The predicted octanol–water partition coefficient (Wildman–Crippen LogP) is 5.89. The van der Waals surface area contributed by atoms with E-state index in [1.165, 1.54) is 29.6 Å². The van der Waals surface area contributed by atoms with E-state index in [1.54, 1.807) is 34.1 Å². The van der Waals surface area contributed by atoms with Crippen LogP contribution in [0.5, 0.6) is 5.75 Å². The van der Waals surface area contributed by atoms with E-state index in [1.807, 2.05) is 19.1 Å². The molecule has 272 valence electrons. The Kier molecular flexibility index (Phi) is 11.6. The van der Waals surface area contributed by atoms with Crippen LogP contribution in [0.1, 0.15) is 28.0 Å². The second kappa shape index (κ2) is 15.7. The Labute approximate surface area is 299 Å². The van der Waals surface area contributed by atoms with Crippen LogP contribution in [0, 0.1) is 6.92 Å². The summed E-state index contributed by atoms with van der Waals surface area (Å²) in [5.41, 5.74) is 2.63. The van der Waals surface area contributed by atoms with Gasteiger partial charge in [-0.3, -0.25) is 14.6 Å². The first-order chi connectivity index (χ1) is 24.1. The Morgan fingerprint density at radius 2 is 1.73 bits per heavy atom. The number of piperazine rings is 1. The maximum atomic E-state index is 13.3. The minimum Gasteiger partial charge on any atom is -0.495 e. The number of halogens is 4. The topological polar surface area (TPSA) is 124 Å². The van der Waals surface area contributed by atoms with E-state index in [2.05, 4.69) is 15.6 Å². The summed E-state index contributed by atoms with van der Waals surface area (Å²) in [6.45, 7) is 3.47. The van der Waals surface area contributed by atoms with Gasteiger partial charge in [0.1, 0.15) is 5.75 Å². The third-order valence-electron chi connectivity index (χ3n) is 8.46. The molecule has 0 aliphatic carbocycles. The molecule has 1 fully saturated rings. The lowest BCUT2D eigenvalue weighted by Crippen LogP contribution is -2.48. The molecule has 5 rings (SSSR count). The van der Waals surface area contributed by atoms with Crippen molar-refractivity contribution in [1.29, 1.82) is 0 Å². The second-order valence-electron chi connectivity index (χ2n) is 12.1. The number of carbonyl (C=O) groups is 2. The first-order valence-corrected chi connectivity index (χ1v) is 18.3. The fourth-order valence-corrected chi connectivity index (χ4v) is 6.85. The number of aromatic nitrogens is 1. The SMILES string of the molecule is COc1cc(C(=O)N2CCN(c3cccc(C(F)(F)F)c3)CC2)ccc1NC(=O)CCN(CCNc1cc(C)nc2ccc(Cl)cc12)S(C)(=O)=O. The highest BCUT2D eigenvalue weighted by Crippen LogP contribution is 2.32. The summed E-state index contributed by atoms with van der Waals surface area (Å²) < 4.78 is 71.3. The molecule has 1 aliphatic heterocycles. The Morgan fingerprint density at radius 3 is 2.41 bits per heavy atom. The van der Waals surface area contributed by atoms with Gasteiger partial charge in [-0.05, 0) is 67.6 Å². The number of aryl methyl sites for hydroxylation is 1. The molecular formula is C35H38ClF3N6O5S. The molecule has 16 heteroatoms. The van der Waals surface area contributed by atoms with Crippen LogP contribution < -0.4 is 20.3 Å². The number of methoxy groups -OCH3 is 1. The Balaban J connectivity index is 1.15. The van der Waals surface area contributed by atoms with Gasteiger partial charge in [0.2, 0.25) is 15.9 Å². The van der Waals surface area contributed by atoms with Crippen molar-refractivity contribution in [2.75, 3.05) is 74.7 Å². The number of pyridine rings is 1. The maximum absolute atomic E-state index is 13.3. The third kappa shape index (κ3) is 9.60. The molecule has 0 atom stereocenters. The minimum atomic E-state index is -4.44. The van der Waals surface area contributed by atoms with Crippen LogP contribution in [-0.2, 0) is 21.0 Å². The van der Waals surface area contributed by atoms with Gasteiger partial charge in [-0.25, -0.2) is 8.42 Å². The molecule has 0 unspecified atom stereocenters. The smallest absolute Gasteiger partial charge is 0.416 e. The summed E-state index contributed by atoms with van der Waals surface area (Å²) in [4.78, 5) is 34.2. The van der Waals surface area contributed by atoms with E-state index in [9.17, 15) is 31.2 Å². The number of amides is 2. The van der Waals surface area contributed by atoms with Gasteiger partial charge in [0.15, 0.2) is 0 Å². The number of sulfonamides is 1. The van der Waals surface area contributed by atoms with Crippen molar-refractivity contribution in [3.8, 4) is 5.75 Å². The zero-order valence-electron chi connectivity index (χ0n) is 28.3. The van der Waals surface area contributed by atoms with Crippen LogP contribution in [-0.4, -0.2) is 93.6 Å². The van der Waals surface area contributed by atoms with E-state index in [0.29, 0.717) is 48.1 Å².